The Morgan fingerprint density at radius 2 is 1.62 bits per heavy atom. The van der Waals surface area contributed by atoms with Gasteiger partial charge >= 0.3 is 5.97 Å². The molecule has 0 aliphatic carbocycles. The molecule has 2 aromatic rings. The number of carbonyl (C=O) groups excluding carboxylic acids is 3. The van der Waals surface area contributed by atoms with Gasteiger partial charge in [0.05, 0.1) is 14.2 Å². The molecule has 2 rings (SSSR count). The summed E-state index contributed by atoms with van der Waals surface area (Å²) in [5.41, 5.74) is 1.76. The number of hydrogen-bond donors (Lipinski definition) is 1. The second-order valence-corrected chi connectivity index (χ2v) is 6.15. The number of benzene rings is 2. The minimum atomic E-state index is -0.995. The average molecular weight is 397 g/mol. The SMILES string of the molecule is COc1ccc(C=CC(=O)OC(C)C(=O)Nc2ccc(C(C)=O)cc2)cc1OC. The maximum Gasteiger partial charge on any atom is 0.331 e. The molecule has 0 aliphatic rings. The van der Waals surface area contributed by atoms with Crippen molar-refractivity contribution in [3.8, 4) is 11.5 Å². The minimum absolute atomic E-state index is 0.0635. The third-order valence-electron chi connectivity index (χ3n) is 4.04. The number of anilines is 1. The van der Waals surface area contributed by atoms with Gasteiger partial charge < -0.3 is 19.5 Å². The Kier molecular flexibility index (Phi) is 7.54. The lowest BCUT2D eigenvalue weighted by atomic mass is 10.1. The molecule has 2 aromatic carbocycles. The topological polar surface area (TPSA) is 90.9 Å². The zero-order valence-electron chi connectivity index (χ0n) is 16.7. The van der Waals surface area contributed by atoms with Crippen LogP contribution in [0.25, 0.3) is 6.08 Å². The van der Waals surface area contributed by atoms with Crippen molar-refractivity contribution >= 4 is 29.4 Å². The predicted octanol–water partition coefficient (Wildman–Crippen LogP) is 3.49. The molecule has 0 bridgehead atoms. The molecule has 0 spiro atoms. The van der Waals surface area contributed by atoms with Crippen molar-refractivity contribution in [1.29, 1.82) is 0 Å². The molecular formula is C22H23NO6. The highest BCUT2D eigenvalue weighted by Crippen LogP contribution is 2.27. The first-order valence-corrected chi connectivity index (χ1v) is 8.86. The maximum absolute atomic E-state index is 12.2. The molecule has 1 amide bonds. The van der Waals surface area contributed by atoms with E-state index in [2.05, 4.69) is 5.32 Å². The molecule has 152 valence electrons. The Bertz CT molecular complexity index is 917. The molecule has 7 nitrogen and oxygen atoms in total. The van der Waals surface area contributed by atoms with Gasteiger partial charge in [-0.25, -0.2) is 4.79 Å². The van der Waals surface area contributed by atoms with Crippen LogP contribution < -0.4 is 14.8 Å². The smallest absolute Gasteiger partial charge is 0.331 e. The van der Waals surface area contributed by atoms with Gasteiger partial charge in [0.2, 0.25) is 0 Å². The highest BCUT2D eigenvalue weighted by atomic mass is 16.5. The number of nitrogens with one attached hydrogen (secondary N) is 1. The average Bonchev–Trinajstić information content (AvgIpc) is 2.72. The van der Waals surface area contributed by atoms with Crippen LogP contribution in [0.1, 0.15) is 29.8 Å². The standard InChI is InChI=1S/C22H23NO6/c1-14(24)17-7-9-18(10-8-17)23-22(26)15(2)29-21(25)12-6-16-5-11-19(27-3)20(13-16)28-4/h5-13,15H,1-4H3,(H,23,26). The molecule has 1 N–H and O–H groups in total. The second-order valence-electron chi connectivity index (χ2n) is 6.15. The normalized spacial score (nSPS) is 11.6. The second kappa shape index (κ2) is 10.1. The zero-order valence-corrected chi connectivity index (χ0v) is 16.7. The van der Waals surface area contributed by atoms with E-state index in [0.29, 0.717) is 28.3 Å². The molecule has 0 saturated heterocycles. The van der Waals surface area contributed by atoms with Crippen molar-refractivity contribution in [2.45, 2.75) is 20.0 Å². The number of methoxy groups -OCH3 is 2. The van der Waals surface area contributed by atoms with Crippen molar-refractivity contribution in [3.63, 3.8) is 0 Å². The largest absolute Gasteiger partial charge is 0.493 e. The molecule has 0 heterocycles. The van der Waals surface area contributed by atoms with Gasteiger partial charge in [-0.05, 0) is 61.9 Å². The Morgan fingerprint density at radius 3 is 2.21 bits per heavy atom. The van der Waals surface area contributed by atoms with Crippen LogP contribution in [0.2, 0.25) is 0 Å². The van der Waals surface area contributed by atoms with Crippen LogP contribution in [0.15, 0.2) is 48.5 Å². The van der Waals surface area contributed by atoms with Crippen molar-refractivity contribution in [2.24, 2.45) is 0 Å². The summed E-state index contributed by atoms with van der Waals surface area (Å²) in [6, 6.07) is 11.6. The number of rotatable bonds is 8. The van der Waals surface area contributed by atoms with Gasteiger partial charge in [0.1, 0.15) is 0 Å². The molecule has 29 heavy (non-hydrogen) atoms. The fraction of sp³-hybridized carbons (Fsp3) is 0.227. The van der Waals surface area contributed by atoms with Gasteiger partial charge in [-0.15, -0.1) is 0 Å². The molecule has 0 fully saturated rings. The Morgan fingerprint density at radius 1 is 0.966 bits per heavy atom. The van der Waals surface area contributed by atoms with Crippen molar-refractivity contribution < 1.29 is 28.6 Å². The number of amides is 1. The molecule has 0 aromatic heterocycles. The number of ketones is 1. The highest BCUT2D eigenvalue weighted by Gasteiger charge is 2.17. The van der Waals surface area contributed by atoms with E-state index in [1.165, 1.54) is 34.1 Å². The summed E-state index contributed by atoms with van der Waals surface area (Å²) in [5, 5.41) is 2.63. The van der Waals surface area contributed by atoms with Crippen LogP contribution in [0, 0.1) is 0 Å². The fourth-order valence-corrected chi connectivity index (χ4v) is 2.42. The number of Topliss-reactive ketones (excluding diaryl/α,β-unsaturated/α-hetero) is 1. The monoisotopic (exact) mass is 397 g/mol. The lowest BCUT2D eigenvalue weighted by Crippen LogP contribution is -2.29. The third kappa shape index (κ3) is 6.21. The van der Waals surface area contributed by atoms with Gasteiger partial charge in [-0.2, -0.15) is 0 Å². The van der Waals surface area contributed by atoms with Gasteiger partial charge in [0.15, 0.2) is 23.4 Å². The summed E-state index contributed by atoms with van der Waals surface area (Å²) < 4.78 is 15.5. The van der Waals surface area contributed by atoms with Gasteiger partial charge in [-0.3, -0.25) is 9.59 Å². The summed E-state index contributed by atoms with van der Waals surface area (Å²) in [6.45, 7) is 2.94. The molecule has 0 aliphatic heterocycles. The first-order valence-electron chi connectivity index (χ1n) is 8.86. The summed E-state index contributed by atoms with van der Waals surface area (Å²) in [6.07, 6.45) is 1.78. The fourth-order valence-electron chi connectivity index (χ4n) is 2.42. The molecule has 1 unspecified atom stereocenters. The summed E-state index contributed by atoms with van der Waals surface area (Å²) in [7, 11) is 3.06. The van der Waals surface area contributed by atoms with Crippen LogP contribution in [0.5, 0.6) is 11.5 Å². The molecule has 7 heteroatoms. The molecule has 0 saturated carbocycles. The molecule has 1 atom stereocenters. The Balaban J connectivity index is 1.93. The number of ether oxygens (including phenoxy) is 3. The zero-order chi connectivity index (χ0) is 21.4. The predicted molar refractivity (Wildman–Crippen MR) is 109 cm³/mol. The molecular weight excluding hydrogens is 374 g/mol. The Hall–Kier alpha value is -3.61. The third-order valence-corrected chi connectivity index (χ3v) is 4.04. The van der Waals surface area contributed by atoms with Gasteiger partial charge in [0.25, 0.3) is 5.91 Å². The van der Waals surface area contributed by atoms with Gasteiger partial charge in [-0.1, -0.05) is 6.07 Å². The van der Waals surface area contributed by atoms with Crippen LogP contribution in [-0.4, -0.2) is 38.0 Å². The lowest BCUT2D eigenvalue weighted by Gasteiger charge is -2.12. The van der Waals surface area contributed by atoms with Crippen LogP contribution in [-0.2, 0) is 14.3 Å². The number of carbonyl (C=O) groups is 3. The first kappa shape index (κ1) is 21.7. The van der Waals surface area contributed by atoms with Crippen LogP contribution in [0.4, 0.5) is 5.69 Å². The summed E-state index contributed by atoms with van der Waals surface area (Å²) in [5.74, 6) is -0.0883. The van der Waals surface area contributed by atoms with Crippen LogP contribution >= 0.6 is 0 Å². The highest BCUT2D eigenvalue weighted by molar-refractivity contribution is 5.98. The van der Waals surface area contributed by atoms with Crippen molar-refractivity contribution in [2.75, 3.05) is 19.5 Å². The minimum Gasteiger partial charge on any atom is -0.493 e. The van der Waals surface area contributed by atoms with E-state index in [1.54, 1.807) is 48.5 Å². The first-order chi connectivity index (χ1) is 13.8. The van der Waals surface area contributed by atoms with E-state index in [9.17, 15) is 14.4 Å². The van der Waals surface area contributed by atoms with Crippen LogP contribution in [0.3, 0.4) is 0 Å². The lowest BCUT2D eigenvalue weighted by molar-refractivity contribution is -0.148. The summed E-state index contributed by atoms with van der Waals surface area (Å²) >= 11 is 0. The van der Waals surface area contributed by atoms with E-state index in [1.807, 2.05) is 0 Å². The number of hydrogen-bond acceptors (Lipinski definition) is 6. The van der Waals surface area contributed by atoms with Gasteiger partial charge in [0, 0.05) is 17.3 Å². The van der Waals surface area contributed by atoms with E-state index < -0.39 is 18.0 Å². The van der Waals surface area contributed by atoms with E-state index >= 15 is 0 Å². The van der Waals surface area contributed by atoms with Crippen molar-refractivity contribution in [3.05, 3.63) is 59.7 Å². The maximum atomic E-state index is 12.2. The van der Waals surface area contributed by atoms with Crippen molar-refractivity contribution in [1.82, 2.24) is 0 Å². The van der Waals surface area contributed by atoms with E-state index in [0.717, 1.165) is 0 Å². The Labute approximate surface area is 169 Å². The van der Waals surface area contributed by atoms with E-state index in [4.69, 9.17) is 14.2 Å². The number of esters is 1. The van der Waals surface area contributed by atoms with E-state index in [-0.39, 0.29) is 5.78 Å². The molecule has 0 radical (unpaired) electrons. The summed E-state index contributed by atoms with van der Waals surface area (Å²) in [4.78, 5) is 35.5. The quantitative estimate of drug-likeness (QED) is 0.417.